The third-order valence-electron chi connectivity index (χ3n) is 3.08. The molecular formula is C15H14FNO2. The van der Waals surface area contributed by atoms with Crippen LogP contribution in [0.2, 0.25) is 0 Å². The predicted molar refractivity (Wildman–Crippen MR) is 71.2 cm³/mol. The number of benzene rings is 1. The lowest BCUT2D eigenvalue weighted by atomic mass is 10.00. The molecule has 2 rings (SSSR count). The van der Waals surface area contributed by atoms with Gasteiger partial charge in [-0.25, -0.2) is 4.39 Å². The zero-order valence-corrected chi connectivity index (χ0v) is 11.0. The molecule has 4 heteroatoms. The first kappa shape index (κ1) is 13.2. The Bertz CT molecular complexity index is 636. The molecule has 0 aliphatic rings. The van der Waals surface area contributed by atoms with Gasteiger partial charge in [-0.3, -0.25) is 4.79 Å². The number of aldehydes is 1. The van der Waals surface area contributed by atoms with Gasteiger partial charge in [-0.1, -0.05) is 23.4 Å². The lowest BCUT2D eigenvalue weighted by Gasteiger charge is -2.04. The number of carbonyl (C=O) groups excluding carboxylic acids is 1. The summed E-state index contributed by atoms with van der Waals surface area (Å²) in [7, 11) is 0. The van der Waals surface area contributed by atoms with Gasteiger partial charge in [0.25, 0.3) is 0 Å². The average Bonchev–Trinajstić information content (AvgIpc) is 2.86. The molecular weight excluding hydrogens is 245 g/mol. The number of hydrogen-bond acceptors (Lipinski definition) is 3. The SMILES string of the molecule is CC(=C(F)C=O)c1cc(-c2c(C)cccc2C)no1. The minimum absolute atomic E-state index is 0.153. The van der Waals surface area contributed by atoms with Crippen LogP contribution in [0.4, 0.5) is 4.39 Å². The minimum atomic E-state index is -0.843. The van der Waals surface area contributed by atoms with Crippen LogP contribution in [0.1, 0.15) is 23.8 Å². The number of aromatic nitrogens is 1. The Morgan fingerprint density at radius 1 is 1.32 bits per heavy atom. The van der Waals surface area contributed by atoms with Gasteiger partial charge >= 0.3 is 0 Å². The van der Waals surface area contributed by atoms with Crippen LogP contribution in [-0.4, -0.2) is 11.4 Å². The van der Waals surface area contributed by atoms with Crippen LogP contribution in [0.15, 0.2) is 34.6 Å². The Morgan fingerprint density at radius 3 is 2.53 bits per heavy atom. The van der Waals surface area contributed by atoms with E-state index in [9.17, 15) is 9.18 Å². The number of aryl methyl sites for hydroxylation is 2. The molecule has 0 fully saturated rings. The van der Waals surface area contributed by atoms with Crippen molar-refractivity contribution in [1.82, 2.24) is 5.16 Å². The molecule has 1 aromatic heterocycles. The van der Waals surface area contributed by atoms with Crippen molar-refractivity contribution >= 4 is 11.9 Å². The van der Waals surface area contributed by atoms with Gasteiger partial charge in [0.15, 0.2) is 17.9 Å². The van der Waals surface area contributed by atoms with Crippen molar-refractivity contribution < 1.29 is 13.7 Å². The van der Waals surface area contributed by atoms with Gasteiger partial charge in [0.1, 0.15) is 5.69 Å². The zero-order valence-electron chi connectivity index (χ0n) is 11.0. The molecule has 2 aromatic rings. The molecule has 1 heterocycles. The Kier molecular flexibility index (Phi) is 3.60. The average molecular weight is 259 g/mol. The Balaban J connectivity index is 2.51. The molecule has 0 spiro atoms. The topological polar surface area (TPSA) is 43.1 Å². The molecule has 0 amide bonds. The number of halogens is 1. The fourth-order valence-electron chi connectivity index (χ4n) is 1.99. The molecule has 0 atom stereocenters. The predicted octanol–water partition coefficient (Wildman–Crippen LogP) is 3.86. The van der Waals surface area contributed by atoms with Crippen LogP contribution in [0.5, 0.6) is 0 Å². The molecule has 98 valence electrons. The summed E-state index contributed by atoms with van der Waals surface area (Å²) < 4.78 is 18.3. The third-order valence-corrected chi connectivity index (χ3v) is 3.08. The van der Waals surface area contributed by atoms with Gasteiger partial charge < -0.3 is 4.52 Å². The summed E-state index contributed by atoms with van der Waals surface area (Å²) in [5.41, 5.74) is 3.90. The van der Waals surface area contributed by atoms with E-state index in [-0.39, 0.29) is 17.6 Å². The fourth-order valence-corrected chi connectivity index (χ4v) is 1.99. The molecule has 3 nitrogen and oxygen atoms in total. The van der Waals surface area contributed by atoms with E-state index in [1.54, 1.807) is 6.07 Å². The normalized spacial score (nSPS) is 12.2. The molecule has 0 radical (unpaired) electrons. The van der Waals surface area contributed by atoms with E-state index < -0.39 is 5.83 Å². The maximum absolute atomic E-state index is 13.2. The van der Waals surface area contributed by atoms with E-state index in [4.69, 9.17) is 4.52 Å². The fraction of sp³-hybridized carbons (Fsp3) is 0.200. The summed E-state index contributed by atoms with van der Waals surface area (Å²) in [5, 5.41) is 3.95. The van der Waals surface area contributed by atoms with Gasteiger partial charge in [0.2, 0.25) is 0 Å². The number of carbonyl (C=O) groups is 1. The summed E-state index contributed by atoms with van der Waals surface area (Å²) >= 11 is 0. The third kappa shape index (κ3) is 2.47. The van der Waals surface area contributed by atoms with Gasteiger partial charge in [-0.15, -0.1) is 0 Å². The van der Waals surface area contributed by atoms with Gasteiger partial charge in [0, 0.05) is 17.2 Å². The van der Waals surface area contributed by atoms with E-state index in [0.717, 1.165) is 16.7 Å². The van der Waals surface area contributed by atoms with E-state index in [0.29, 0.717) is 5.69 Å². The lowest BCUT2D eigenvalue weighted by Crippen LogP contribution is -1.87. The molecule has 0 bridgehead atoms. The highest BCUT2D eigenvalue weighted by Crippen LogP contribution is 2.29. The molecule has 0 saturated carbocycles. The van der Waals surface area contributed by atoms with E-state index >= 15 is 0 Å². The lowest BCUT2D eigenvalue weighted by molar-refractivity contribution is -0.106. The molecule has 19 heavy (non-hydrogen) atoms. The summed E-state index contributed by atoms with van der Waals surface area (Å²) in [6.07, 6.45) is 0.163. The van der Waals surface area contributed by atoms with Crippen LogP contribution in [0.3, 0.4) is 0 Å². The summed E-state index contributed by atoms with van der Waals surface area (Å²) in [6, 6.07) is 7.57. The first-order valence-electron chi connectivity index (χ1n) is 5.90. The Morgan fingerprint density at radius 2 is 1.95 bits per heavy atom. The second kappa shape index (κ2) is 5.18. The summed E-state index contributed by atoms with van der Waals surface area (Å²) in [6.45, 7) is 5.44. The largest absolute Gasteiger partial charge is 0.356 e. The van der Waals surface area contributed by atoms with Crippen LogP contribution in [-0.2, 0) is 4.79 Å². The van der Waals surface area contributed by atoms with E-state index in [1.807, 2.05) is 32.0 Å². The number of rotatable bonds is 3. The maximum atomic E-state index is 13.2. The Labute approximate surface area is 110 Å². The molecule has 0 aliphatic carbocycles. The monoisotopic (exact) mass is 259 g/mol. The minimum Gasteiger partial charge on any atom is -0.356 e. The van der Waals surface area contributed by atoms with Crippen molar-refractivity contribution in [1.29, 1.82) is 0 Å². The second-order valence-corrected chi connectivity index (χ2v) is 4.43. The van der Waals surface area contributed by atoms with Crippen LogP contribution >= 0.6 is 0 Å². The first-order valence-corrected chi connectivity index (χ1v) is 5.90. The van der Waals surface area contributed by atoms with Crippen molar-refractivity contribution in [2.24, 2.45) is 0 Å². The van der Waals surface area contributed by atoms with Crippen molar-refractivity contribution in [3.63, 3.8) is 0 Å². The highest BCUT2D eigenvalue weighted by molar-refractivity contribution is 5.84. The van der Waals surface area contributed by atoms with Gasteiger partial charge in [-0.2, -0.15) is 0 Å². The quantitative estimate of drug-likeness (QED) is 0.621. The van der Waals surface area contributed by atoms with E-state index in [2.05, 4.69) is 5.16 Å². The van der Waals surface area contributed by atoms with E-state index in [1.165, 1.54) is 6.92 Å². The highest BCUT2D eigenvalue weighted by Gasteiger charge is 2.14. The molecule has 1 aromatic carbocycles. The van der Waals surface area contributed by atoms with Crippen molar-refractivity contribution in [2.45, 2.75) is 20.8 Å². The summed E-state index contributed by atoms with van der Waals surface area (Å²) in [5.74, 6) is -0.577. The van der Waals surface area contributed by atoms with Crippen molar-refractivity contribution in [2.75, 3.05) is 0 Å². The maximum Gasteiger partial charge on any atom is 0.178 e. The van der Waals surface area contributed by atoms with Crippen molar-refractivity contribution in [3.8, 4) is 11.3 Å². The molecule has 0 saturated heterocycles. The summed E-state index contributed by atoms with van der Waals surface area (Å²) in [4.78, 5) is 10.4. The highest BCUT2D eigenvalue weighted by atomic mass is 19.1. The van der Waals surface area contributed by atoms with Crippen LogP contribution in [0.25, 0.3) is 16.8 Å². The molecule has 0 unspecified atom stereocenters. The number of allylic oxidation sites excluding steroid dienone is 2. The van der Waals surface area contributed by atoms with Gasteiger partial charge in [-0.05, 0) is 31.9 Å². The molecule has 0 N–H and O–H groups in total. The number of hydrogen-bond donors (Lipinski definition) is 0. The standard InChI is InChI=1S/C15H14FNO2/c1-9-5-4-6-10(2)15(9)13-7-14(19-17-13)11(3)12(16)8-18/h4-8H,1-3H3. The van der Waals surface area contributed by atoms with Crippen LogP contribution in [0, 0.1) is 13.8 Å². The second-order valence-electron chi connectivity index (χ2n) is 4.43. The molecule has 0 aliphatic heterocycles. The number of nitrogens with zero attached hydrogens (tertiary/aromatic N) is 1. The van der Waals surface area contributed by atoms with Crippen molar-refractivity contribution in [3.05, 3.63) is 47.0 Å². The first-order chi connectivity index (χ1) is 9.04. The smallest absolute Gasteiger partial charge is 0.178 e. The van der Waals surface area contributed by atoms with Gasteiger partial charge in [0.05, 0.1) is 0 Å². The zero-order chi connectivity index (χ0) is 14.0. The Hall–Kier alpha value is -2.23. The van der Waals surface area contributed by atoms with Crippen LogP contribution < -0.4 is 0 Å².